The molecule has 0 bridgehead atoms. The first kappa shape index (κ1) is 29.3. The number of hydrogen-bond acceptors (Lipinski definition) is 4. The molecule has 0 aromatic carbocycles. The summed E-state index contributed by atoms with van der Waals surface area (Å²) in [6, 6.07) is 0.734. The molecule has 1 rings (SSSR count). The first-order chi connectivity index (χ1) is 13.6. The van der Waals surface area contributed by atoms with E-state index in [2.05, 4.69) is 87.4 Å². The van der Waals surface area contributed by atoms with E-state index in [4.69, 9.17) is 8.85 Å². The molecule has 31 heavy (non-hydrogen) atoms. The molecule has 0 aromatic rings. The quantitative estimate of drug-likeness (QED) is 0.315. The standard InChI is InChI=1S/C24H52O4Si3/c1-22(2,3)30(10,11)27-20-16-19(14-15-25)24(26,18-29(7,8)9)21(17-20)28-31(12,13)23(4,5)6/h14,20-21,25-26H,15-18H2,1-13H3/b19-14-/t20-,21+,24-/m1/s1. The van der Waals surface area contributed by atoms with Gasteiger partial charge in [-0.25, -0.2) is 0 Å². The third-order valence-corrected chi connectivity index (χ3v) is 18.3. The molecule has 0 amide bonds. The van der Waals surface area contributed by atoms with Crippen molar-refractivity contribution in [1.29, 1.82) is 0 Å². The monoisotopic (exact) mass is 488 g/mol. The smallest absolute Gasteiger partial charge is 0.192 e. The van der Waals surface area contributed by atoms with Crippen molar-refractivity contribution in [3.8, 4) is 0 Å². The molecule has 0 aliphatic heterocycles. The van der Waals surface area contributed by atoms with Crippen LogP contribution >= 0.6 is 0 Å². The van der Waals surface area contributed by atoms with Crippen molar-refractivity contribution in [2.75, 3.05) is 6.61 Å². The highest BCUT2D eigenvalue weighted by molar-refractivity contribution is 6.76. The Morgan fingerprint density at radius 2 is 1.35 bits per heavy atom. The topological polar surface area (TPSA) is 58.9 Å². The molecule has 0 spiro atoms. The third kappa shape index (κ3) is 7.36. The fourth-order valence-corrected chi connectivity index (χ4v) is 8.71. The molecule has 0 unspecified atom stereocenters. The molecule has 3 atom stereocenters. The molecule has 1 saturated carbocycles. The van der Waals surface area contributed by atoms with Crippen LogP contribution in [0.2, 0.25) is 61.9 Å². The lowest BCUT2D eigenvalue weighted by molar-refractivity contribution is -0.0707. The number of aliphatic hydroxyl groups is 2. The minimum atomic E-state index is -2.11. The molecule has 2 N–H and O–H groups in total. The van der Waals surface area contributed by atoms with Crippen molar-refractivity contribution in [2.24, 2.45) is 0 Å². The van der Waals surface area contributed by atoms with E-state index in [9.17, 15) is 10.2 Å². The van der Waals surface area contributed by atoms with Crippen molar-refractivity contribution in [3.05, 3.63) is 11.6 Å². The Kier molecular flexibility index (Phi) is 8.94. The number of rotatable bonds is 7. The Balaban J connectivity index is 3.45. The molecule has 0 radical (unpaired) electrons. The summed E-state index contributed by atoms with van der Waals surface area (Å²) < 4.78 is 13.8. The van der Waals surface area contributed by atoms with Crippen LogP contribution in [0.4, 0.5) is 0 Å². The minimum absolute atomic E-state index is 0.00960. The predicted molar refractivity (Wildman–Crippen MR) is 142 cm³/mol. The Labute approximate surface area is 196 Å². The van der Waals surface area contributed by atoms with Crippen molar-refractivity contribution in [3.63, 3.8) is 0 Å². The zero-order valence-electron chi connectivity index (χ0n) is 22.8. The van der Waals surface area contributed by atoms with E-state index >= 15 is 0 Å². The van der Waals surface area contributed by atoms with Crippen LogP contribution in [0, 0.1) is 0 Å². The maximum absolute atomic E-state index is 12.2. The lowest BCUT2D eigenvalue weighted by Gasteiger charge is -2.52. The second-order valence-electron chi connectivity index (χ2n) is 13.9. The van der Waals surface area contributed by atoms with Crippen LogP contribution in [0.3, 0.4) is 0 Å². The van der Waals surface area contributed by atoms with Gasteiger partial charge in [0.15, 0.2) is 16.6 Å². The van der Waals surface area contributed by atoms with Crippen molar-refractivity contribution >= 4 is 24.7 Å². The first-order valence-corrected chi connectivity index (χ1v) is 21.5. The Bertz CT molecular complexity index is 639. The average Bonchev–Trinajstić information content (AvgIpc) is 2.47. The van der Waals surface area contributed by atoms with Crippen LogP contribution in [0.25, 0.3) is 0 Å². The summed E-state index contributed by atoms with van der Waals surface area (Å²) in [4.78, 5) is 0. The molecule has 0 heterocycles. The Morgan fingerprint density at radius 1 is 0.903 bits per heavy atom. The van der Waals surface area contributed by atoms with E-state index in [0.29, 0.717) is 12.8 Å². The van der Waals surface area contributed by atoms with Gasteiger partial charge in [-0.1, -0.05) is 67.3 Å². The number of hydrogen-bond donors (Lipinski definition) is 2. The molecular formula is C24H52O4Si3. The minimum Gasteiger partial charge on any atom is -0.414 e. The summed E-state index contributed by atoms with van der Waals surface area (Å²) in [6.45, 7) is 29.4. The molecule has 7 heteroatoms. The summed E-state index contributed by atoms with van der Waals surface area (Å²) in [5, 5.41) is 22.2. The second-order valence-corrected chi connectivity index (χ2v) is 28.9. The summed E-state index contributed by atoms with van der Waals surface area (Å²) in [5.74, 6) is 0. The van der Waals surface area contributed by atoms with E-state index in [0.717, 1.165) is 11.6 Å². The normalized spacial score (nSPS) is 28.3. The fraction of sp³-hybridized carbons (Fsp3) is 0.917. The van der Waals surface area contributed by atoms with Gasteiger partial charge in [0.25, 0.3) is 0 Å². The molecular weight excluding hydrogens is 437 g/mol. The molecule has 184 valence electrons. The van der Waals surface area contributed by atoms with Crippen LogP contribution in [0.5, 0.6) is 0 Å². The Morgan fingerprint density at radius 3 is 1.74 bits per heavy atom. The molecule has 1 fully saturated rings. The van der Waals surface area contributed by atoms with Crippen LogP contribution in [0.1, 0.15) is 54.4 Å². The third-order valence-electron chi connectivity index (χ3n) is 7.66. The van der Waals surface area contributed by atoms with E-state index in [1.165, 1.54) is 0 Å². The maximum Gasteiger partial charge on any atom is 0.192 e. The van der Waals surface area contributed by atoms with Gasteiger partial charge in [0.05, 0.1) is 18.8 Å². The predicted octanol–water partition coefficient (Wildman–Crippen LogP) is 6.55. The van der Waals surface area contributed by atoms with Gasteiger partial charge in [-0.2, -0.15) is 0 Å². The highest BCUT2D eigenvalue weighted by Gasteiger charge is 2.53. The van der Waals surface area contributed by atoms with E-state index in [1.54, 1.807) is 0 Å². The lowest BCUT2D eigenvalue weighted by Crippen LogP contribution is -2.60. The summed E-state index contributed by atoms with van der Waals surface area (Å²) in [5.41, 5.74) is -0.119. The molecule has 1 aliphatic rings. The largest absolute Gasteiger partial charge is 0.414 e. The fourth-order valence-electron chi connectivity index (χ4n) is 3.91. The van der Waals surface area contributed by atoms with Crippen molar-refractivity contribution in [2.45, 2.75) is 134 Å². The second kappa shape index (κ2) is 9.47. The van der Waals surface area contributed by atoms with Crippen molar-refractivity contribution < 1.29 is 19.1 Å². The zero-order chi connectivity index (χ0) is 24.7. The highest BCUT2D eigenvalue weighted by Crippen LogP contribution is 2.48. The molecule has 1 aliphatic carbocycles. The lowest BCUT2D eigenvalue weighted by atomic mass is 9.77. The van der Waals surface area contributed by atoms with Crippen molar-refractivity contribution in [1.82, 2.24) is 0 Å². The van der Waals surface area contributed by atoms with Gasteiger partial charge in [-0.15, -0.1) is 0 Å². The average molecular weight is 489 g/mol. The van der Waals surface area contributed by atoms with Gasteiger partial charge in [-0.05, 0) is 54.3 Å². The van der Waals surface area contributed by atoms with Gasteiger partial charge in [0.2, 0.25) is 0 Å². The highest BCUT2D eigenvalue weighted by atomic mass is 28.4. The van der Waals surface area contributed by atoms with Gasteiger partial charge in [0, 0.05) is 14.5 Å². The van der Waals surface area contributed by atoms with Crippen LogP contribution < -0.4 is 0 Å². The maximum atomic E-state index is 12.2. The summed E-state index contributed by atoms with van der Waals surface area (Å²) in [6.07, 6.45) is 2.91. The Hall–Kier alpha value is 0.231. The van der Waals surface area contributed by atoms with Crippen LogP contribution in [-0.2, 0) is 8.85 Å². The molecule has 4 nitrogen and oxygen atoms in total. The summed E-state index contributed by atoms with van der Waals surface area (Å²) in [7, 11) is -5.70. The van der Waals surface area contributed by atoms with E-state index in [1.807, 2.05) is 6.08 Å². The SMILES string of the molecule is CC(C)(C)[Si](C)(C)O[C@@H]1C/C(=C/CO)[C@](O)(C[Si](C)(C)C)[C@@H](O[Si](C)(C)C(C)(C)C)C1. The number of aliphatic hydroxyl groups excluding tert-OH is 1. The van der Waals surface area contributed by atoms with Gasteiger partial charge in [-0.3, -0.25) is 0 Å². The van der Waals surface area contributed by atoms with E-state index in [-0.39, 0.29) is 28.9 Å². The van der Waals surface area contributed by atoms with Gasteiger partial charge in [0.1, 0.15) is 5.60 Å². The summed E-state index contributed by atoms with van der Waals surface area (Å²) >= 11 is 0. The first-order valence-electron chi connectivity index (χ1n) is 11.9. The van der Waals surface area contributed by atoms with Gasteiger partial charge < -0.3 is 19.1 Å². The van der Waals surface area contributed by atoms with Crippen LogP contribution in [-0.4, -0.2) is 59.3 Å². The molecule has 0 saturated heterocycles. The van der Waals surface area contributed by atoms with Gasteiger partial charge >= 0.3 is 0 Å². The zero-order valence-corrected chi connectivity index (χ0v) is 25.8. The molecule has 0 aromatic heterocycles. The van der Waals surface area contributed by atoms with E-state index < -0.39 is 30.3 Å². The van der Waals surface area contributed by atoms with Crippen LogP contribution in [0.15, 0.2) is 11.6 Å².